The zero-order valence-corrected chi connectivity index (χ0v) is 19.5. The summed E-state index contributed by atoms with van der Waals surface area (Å²) in [5, 5.41) is 31.7. The molecule has 0 saturated heterocycles. The Bertz CT molecular complexity index is 1130. The van der Waals surface area contributed by atoms with Crippen LogP contribution in [0.3, 0.4) is 0 Å². The number of benzene rings is 1. The number of anilines is 2. The Labute approximate surface area is 193 Å². The molecule has 2 atom stereocenters. The number of hydrogen-bond donors (Lipinski definition) is 4. The molecule has 5 N–H and O–H groups in total. The van der Waals surface area contributed by atoms with Gasteiger partial charge in [-0.05, 0) is 54.9 Å². The van der Waals surface area contributed by atoms with E-state index in [0.29, 0.717) is 47.3 Å². The first-order valence-corrected chi connectivity index (χ1v) is 12.2. The van der Waals surface area contributed by atoms with Gasteiger partial charge in [0.05, 0.1) is 17.2 Å². The van der Waals surface area contributed by atoms with Gasteiger partial charge >= 0.3 is 0 Å². The highest BCUT2D eigenvalue weighted by molar-refractivity contribution is 7.89. The molecule has 0 spiro atoms. The Balaban J connectivity index is 1.70. The molecule has 1 aliphatic rings. The second kappa shape index (κ2) is 9.58. The zero-order chi connectivity index (χ0) is 23.5. The van der Waals surface area contributed by atoms with E-state index in [4.69, 9.17) is 16.7 Å². The Hall–Kier alpha value is -2.45. The molecule has 1 saturated carbocycles. The van der Waals surface area contributed by atoms with Crippen molar-refractivity contribution in [3.05, 3.63) is 40.5 Å². The molecule has 1 heterocycles. The van der Waals surface area contributed by atoms with Crippen LogP contribution in [0.5, 0.6) is 0 Å². The number of aromatic nitrogens is 2. The third-order valence-electron chi connectivity index (χ3n) is 5.72. The van der Waals surface area contributed by atoms with E-state index in [1.54, 1.807) is 6.07 Å². The minimum Gasteiger partial charge on any atom is -0.393 e. The van der Waals surface area contributed by atoms with Gasteiger partial charge in [0.25, 0.3) is 0 Å². The highest BCUT2D eigenvalue weighted by atomic mass is 35.5. The first-order chi connectivity index (χ1) is 15.0. The van der Waals surface area contributed by atoms with Gasteiger partial charge in [-0.2, -0.15) is 10.2 Å². The van der Waals surface area contributed by atoms with Crippen LogP contribution in [-0.4, -0.2) is 42.2 Å². The SMILES string of the molecule is CC1(C)C[C@H](Nc2nc(NCCc3cc(Cl)ccc3S(N)(=O)=O)ncc2C#N)CC[C@@H]1O. The van der Waals surface area contributed by atoms with E-state index < -0.39 is 10.0 Å². The van der Waals surface area contributed by atoms with Crippen LogP contribution in [0.2, 0.25) is 5.02 Å². The molecule has 0 aliphatic heterocycles. The predicted molar refractivity (Wildman–Crippen MR) is 123 cm³/mol. The van der Waals surface area contributed by atoms with Crippen molar-refractivity contribution in [3.63, 3.8) is 0 Å². The molecule has 32 heavy (non-hydrogen) atoms. The van der Waals surface area contributed by atoms with Crippen molar-refractivity contribution in [2.75, 3.05) is 17.2 Å². The van der Waals surface area contributed by atoms with Crippen molar-refractivity contribution >= 4 is 33.4 Å². The molecular formula is C21H27ClN6O3S. The van der Waals surface area contributed by atoms with Crippen molar-refractivity contribution in [1.82, 2.24) is 9.97 Å². The van der Waals surface area contributed by atoms with Crippen molar-refractivity contribution in [3.8, 4) is 6.07 Å². The fourth-order valence-corrected chi connectivity index (χ4v) is 4.91. The van der Waals surface area contributed by atoms with Gasteiger partial charge in [-0.3, -0.25) is 0 Å². The van der Waals surface area contributed by atoms with E-state index in [0.717, 1.165) is 12.8 Å². The van der Waals surface area contributed by atoms with Gasteiger partial charge in [0.1, 0.15) is 17.5 Å². The predicted octanol–water partition coefficient (Wildman–Crippen LogP) is 2.66. The number of aliphatic hydroxyl groups is 1. The van der Waals surface area contributed by atoms with Crippen LogP contribution in [-0.2, 0) is 16.4 Å². The summed E-state index contributed by atoms with van der Waals surface area (Å²) in [4.78, 5) is 8.63. The molecule has 0 unspecified atom stereocenters. The number of halogens is 1. The second-order valence-corrected chi connectivity index (χ2v) is 10.6. The number of rotatable bonds is 7. The quantitative estimate of drug-likeness (QED) is 0.473. The molecule has 1 aromatic heterocycles. The molecule has 1 fully saturated rings. The normalized spacial score (nSPS) is 20.4. The maximum Gasteiger partial charge on any atom is 0.238 e. The van der Waals surface area contributed by atoms with Crippen molar-refractivity contribution in [1.29, 1.82) is 5.26 Å². The van der Waals surface area contributed by atoms with Gasteiger partial charge in [-0.25, -0.2) is 18.5 Å². The van der Waals surface area contributed by atoms with Gasteiger partial charge in [0, 0.05) is 17.6 Å². The monoisotopic (exact) mass is 478 g/mol. The summed E-state index contributed by atoms with van der Waals surface area (Å²) >= 11 is 6.00. The van der Waals surface area contributed by atoms with E-state index in [2.05, 4.69) is 26.7 Å². The fraction of sp³-hybridized carbons (Fsp3) is 0.476. The van der Waals surface area contributed by atoms with Crippen LogP contribution >= 0.6 is 11.6 Å². The van der Waals surface area contributed by atoms with E-state index >= 15 is 0 Å². The summed E-state index contributed by atoms with van der Waals surface area (Å²) < 4.78 is 23.6. The topological polar surface area (TPSA) is 154 Å². The van der Waals surface area contributed by atoms with Crippen LogP contribution in [0.15, 0.2) is 29.3 Å². The standard InChI is InChI=1S/C21H27ClN6O3S/c1-21(2)10-16(4-6-18(21)29)27-19-14(11-23)12-26-20(28-19)25-8-7-13-9-15(22)3-5-17(13)32(24,30)31/h3,5,9,12,16,18,29H,4,6-8,10H2,1-2H3,(H2,24,30,31)(H2,25,26,27,28)/t16-,18+/m1/s1. The second-order valence-electron chi connectivity index (χ2n) is 8.67. The average molecular weight is 479 g/mol. The Morgan fingerprint density at radius 3 is 2.78 bits per heavy atom. The number of nitriles is 1. The van der Waals surface area contributed by atoms with E-state index in [1.165, 1.54) is 18.3 Å². The molecule has 172 valence electrons. The molecule has 2 aromatic rings. The Morgan fingerprint density at radius 1 is 1.38 bits per heavy atom. The average Bonchev–Trinajstić information content (AvgIpc) is 2.70. The molecule has 0 bridgehead atoms. The van der Waals surface area contributed by atoms with Gasteiger partial charge in [0.2, 0.25) is 16.0 Å². The fourth-order valence-electron chi connectivity index (χ4n) is 3.93. The summed E-state index contributed by atoms with van der Waals surface area (Å²) in [6, 6.07) is 6.60. The minimum atomic E-state index is -3.87. The molecular weight excluding hydrogens is 452 g/mol. The summed E-state index contributed by atoms with van der Waals surface area (Å²) in [6.07, 6.45) is 3.61. The van der Waals surface area contributed by atoms with Gasteiger partial charge in [0.15, 0.2) is 0 Å². The van der Waals surface area contributed by atoms with Crippen LogP contribution in [0.25, 0.3) is 0 Å². The number of primary sulfonamides is 1. The zero-order valence-electron chi connectivity index (χ0n) is 18.0. The molecule has 9 nitrogen and oxygen atoms in total. The molecule has 0 radical (unpaired) electrons. The summed E-state index contributed by atoms with van der Waals surface area (Å²) in [5.41, 5.74) is 0.586. The summed E-state index contributed by atoms with van der Waals surface area (Å²) in [5.74, 6) is 0.732. The summed E-state index contributed by atoms with van der Waals surface area (Å²) in [7, 11) is -3.87. The number of sulfonamides is 1. The van der Waals surface area contributed by atoms with Crippen molar-refractivity contribution in [2.45, 2.75) is 56.6 Å². The minimum absolute atomic E-state index is 0.0221. The smallest absolute Gasteiger partial charge is 0.238 e. The number of nitrogens with one attached hydrogen (secondary N) is 2. The van der Waals surface area contributed by atoms with Crippen LogP contribution in [0.1, 0.15) is 44.2 Å². The maximum atomic E-state index is 11.8. The first kappa shape index (κ1) is 24.2. The summed E-state index contributed by atoms with van der Waals surface area (Å²) in [6.45, 7) is 4.38. The molecule has 3 rings (SSSR count). The van der Waals surface area contributed by atoms with Crippen molar-refractivity contribution in [2.24, 2.45) is 10.6 Å². The number of nitrogens with zero attached hydrogens (tertiary/aromatic N) is 3. The molecule has 1 aromatic carbocycles. The maximum absolute atomic E-state index is 11.8. The van der Waals surface area contributed by atoms with Gasteiger partial charge in [-0.15, -0.1) is 0 Å². The van der Waals surface area contributed by atoms with Crippen LogP contribution in [0.4, 0.5) is 11.8 Å². The lowest BCUT2D eigenvalue weighted by Gasteiger charge is -2.40. The lowest BCUT2D eigenvalue weighted by atomic mass is 9.73. The van der Waals surface area contributed by atoms with Gasteiger partial charge in [-0.1, -0.05) is 25.4 Å². The number of nitrogens with two attached hydrogens (primary N) is 1. The van der Waals surface area contributed by atoms with Crippen molar-refractivity contribution < 1.29 is 13.5 Å². The van der Waals surface area contributed by atoms with Crippen LogP contribution in [0, 0.1) is 16.7 Å². The van der Waals surface area contributed by atoms with E-state index in [1.807, 2.05) is 13.8 Å². The largest absolute Gasteiger partial charge is 0.393 e. The third-order valence-corrected chi connectivity index (χ3v) is 6.97. The third kappa shape index (κ3) is 5.86. The number of aliphatic hydroxyl groups excluding tert-OH is 1. The molecule has 0 amide bonds. The lowest BCUT2D eigenvalue weighted by molar-refractivity contribution is 0.00926. The van der Waals surface area contributed by atoms with E-state index in [9.17, 15) is 18.8 Å². The molecule has 11 heteroatoms. The first-order valence-electron chi connectivity index (χ1n) is 10.3. The highest BCUT2D eigenvalue weighted by Crippen LogP contribution is 2.37. The lowest BCUT2D eigenvalue weighted by Crippen LogP contribution is -2.41. The van der Waals surface area contributed by atoms with Gasteiger partial charge < -0.3 is 15.7 Å². The Kier molecular flexibility index (Phi) is 7.25. The van der Waals surface area contributed by atoms with Crippen LogP contribution < -0.4 is 15.8 Å². The highest BCUT2D eigenvalue weighted by Gasteiger charge is 2.35. The molecule has 1 aliphatic carbocycles. The van der Waals surface area contributed by atoms with E-state index in [-0.39, 0.29) is 22.5 Å². The number of hydrogen-bond acceptors (Lipinski definition) is 8. The Morgan fingerprint density at radius 2 is 2.12 bits per heavy atom.